The molecule has 0 heterocycles. The molecule has 0 atom stereocenters. The van der Waals surface area contributed by atoms with Crippen molar-refractivity contribution < 1.29 is 22.7 Å². The Kier molecular flexibility index (Phi) is 4.92. The largest absolute Gasteiger partial charge is 0.405 e. The SMILES string of the molecule is NCc1cc(F)cc(N(CCO)CC(F)(F)F)c1. The minimum atomic E-state index is -4.43. The van der Waals surface area contributed by atoms with E-state index in [1.54, 1.807) is 0 Å². The van der Waals surface area contributed by atoms with Crippen molar-refractivity contribution in [3.8, 4) is 0 Å². The molecule has 102 valence electrons. The third-order valence-corrected chi connectivity index (χ3v) is 2.28. The zero-order valence-electron chi connectivity index (χ0n) is 9.54. The topological polar surface area (TPSA) is 49.5 Å². The average Bonchev–Trinajstić information content (AvgIpc) is 2.26. The van der Waals surface area contributed by atoms with E-state index in [-0.39, 0.29) is 18.8 Å². The fraction of sp³-hybridized carbons (Fsp3) is 0.455. The Balaban J connectivity index is 3.01. The Morgan fingerprint density at radius 1 is 1.22 bits per heavy atom. The van der Waals surface area contributed by atoms with Crippen LogP contribution in [0.4, 0.5) is 23.2 Å². The van der Waals surface area contributed by atoms with Crippen LogP contribution in [0, 0.1) is 5.82 Å². The van der Waals surface area contributed by atoms with Gasteiger partial charge in [-0.05, 0) is 23.8 Å². The summed E-state index contributed by atoms with van der Waals surface area (Å²) in [6, 6.07) is 3.53. The first kappa shape index (κ1) is 14.7. The van der Waals surface area contributed by atoms with Gasteiger partial charge in [-0.2, -0.15) is 13.2 Å². The van der Waals surface area contributed by atoms with Gasteiger partial charge in [-0.25, -0.2) is 4.39 Å². The molecule has 0 fully saturated rings. The Morgan fingerprint density at radius 2 is 1.89 bits per heavy atom. The maximum absolute atomic E-state index is 13.2. The van der Waals surface area contributed by atoms with Crippen LogP contribution in [0.3, 0.4) is 0 Å². The molecular weight excluding hydrogens is 252 g/mol. The van der Waals surface area contributed by atoms with E-state index >= 15 is 0 Å². The molecule has 0 bridgehead atoms. The van der Waals surface area contributed by atoms with Crippen molar-refractivity contribution in [3.05, 3.63) is 29.6 Å². The minimum Gasteiger partial charge on any atom is -0.395 e. The lowest BCUT2D eigenvalue weighted by Crippen LogP contribution is -2.36. The molecule has 0 aromatic heterocycles. The molecule has 7 heteroatoms. The second-order valence-corrected chi connectivity index (χ2v) is 3.78. The number of hydrogen-bond acceptors (Lipinski definition) is 3. The lowest BCUT2D eigenvalue weighted by molar-refractivity contribution is -0.119. The zero-order valence-corrected chi connectivity index (χ0v) is 9.54. The maximum atomic E-state index is 13.2. The number of aliphatic hydroxyl groups excluding tert-OH is 1. The normalized spacial score (nSPS) is 11.7. The fourth-order valence-corrected chi connectivity index (χ4v) is 1.57. The van der Waals surface area contributed by atoms with Crippen LogP contribution in [0.15, 0.2) is 18.2 Å². The van der Waals surface area contributed by atoms with E-state index < -0.39 is 25.1 Å². The third-order valence-electron chi connectivity index (χ3n) is 2.28. The van der Waals surface area contributed by atoms with Crippen molar-refractivity contribution in [1.82, 2.24) is 0 Å². The zero-order chi connectivity index (χ0) is 13.8. The molecule has 0 saturated heterocycles. The summed E-state index contributed by atoms with van der Waals surface area (Å²) in [6.45, 7) is -1.90. The van der Waals surface area contributed by atoms with E-state index in [0.717, 1.165) is 17.0 Å². The van der Waals surface area contributed by atoms with Gasteiger partial charge in [0.1, 0.15) is 12.4 Å². The van der Waals surface area contributed by atoms with Crippen LogP contribution >= 0.6 is 0 Å². The molecule has 0 aliphatic heterocycles. The third kappa shape index (κ3) is 4.50. The highest BCUT2D eigenvalue weighted by Gasteiger charge is 2.30. The molecule has 0 saturated carbocycles. The van der Waals surface area contributed by atoms with Crippen LogP contribution < -0.4 is 10.6 Å². The van der Waals surface area contributed by atoms with Gasteiger partial charge in [0.05, 0.1) is 6.61 Å². The van der Waals surface area contributed by atoms with Gasteiger partial charge in [0.2, 0.25) is 0 Å². The second-order valence-electron chi connectivity index (χ2n) is 3.78. The second kappa shape index (κ2) is 6.01. The Bertz CT molecular complexity index is 395. The quantitative estimate of drug-likeness (QED) is 0.797. The van der Waals surface area contributed by atoms with Gasteiger partial charge < -0.3 is 15.7 Å². The molecular formula is C11H14F4N2O. The van der Waals surface area contributed by atoms with Gasteiger partial charge in [0.15, 0.2) is 0 Å². The summed E-state index contributed by atoms with van der Waals surface area (Å²) in [5, 5.41) is 8.76. The van der Waals surface area contributed by atoms with E-state index in [0.29, 0.717) is 5.56 Å². The highest BCUT2D eigenvalue weighted by atomic mass is 19.4. The predicted molar refractivity (Wildman–Crippen MR) is 59.6 cm³/mol. The Morgan fingerprint density at radius 3 is 2.39 bits per heavy atom. The Hall–Kier alpha value is -1.34. The van der Waals surface area contributed by atoms with E-state index in [1.807, 2.05) is 0 Å². The summed E-state index contributed by atoms with van der Waals surface area (Å²) in [4.78, 5) is 0.863. The number of anilines is 1. The van der Waals surface area contributed by atoms with Crippen LogP contribution in [-0.2, 0) is 6.54 Å². The molecule has 1 rings (SSSR count). The van der Waals surface area contributed by atoms with Crippen LogP contribution in [0.25, 0.3) is 0 Å². The molecule has 0 radical (unpaired) electrons. The number of rotatable bonds is 5. The molecule has 3 N–H and O–H groups in total. The summed E-state index contributed by atoms with van der Waals surface area (Å²) in [5.74, 6) is -0.655. The van der Waals surface area contributed by atoms with Gasteiger partial charge in [0.25, 0.3) is 0 Å². The summed E-state index contributed by atoms with van der Waals surface area (Å²) >= 11 is 0. The molecule has 0 aliphatic rings. The standard InChI is InChI=1S/C11H14F4N2O/c12-9-3-8(6-16)4-10(5-9)17(1-2-18)7-11(13,14)15/h3-5,18H,1-2,6-7,16H2. The maximum Gasteiger partial charge on any atom is 0.405 e. The number of nitrogens with zero attached hydrogens (tertiary/aromatic N) is 1. The van der Waals surface area contributed by atoms with Crippen molar-refractivity contribution in [2.75, 3.05) is 24.6 Å². The van der Waals surface area contributed by atoms with Gasteiger partial charge in [-0.15, -0.1) is 0 Å². The molecule has 0 spiro atoms. The summed E-state index contributed by atoms with van der Waals surface area (Å²) in [5.41, 5.74) is 5.79. The van der Waals surface area contributed by atoms with Gasteiger partial charge in [0, 0.05) is 18.8 Å². The van der Waals surface area contributed by atoms with Gasteiger partial charge in [-0.1, -0.05) is 0 Å². The highest BCUT2D eigenvalue weighted by Crippen LogP contribution is 2.23. The lowest BCUT2D eigenvalue weighted by atomic mass is 10.1. The average molecular weight is 266 g/mol. The van der Waals surface area contributed by atoms with Crippen molar-refractivity contribution in [2.24, 2.45) is 5.73 Å². The number of nitrogens with two attached hydrogens (primary N) is 1. The molecule has 3 nitrogen and oxygen atoms in total. The van der Waals surface area contributed by atoms with E-state index in [4.69, 9.17) is 10.8 Å². The highest BCUT2D eigenvalue weighted by molar-refractivity contribution is 5.49. The lowest BCUT2D eigenvalue weighted by Gasteiger charge is -2.25. The smallest absolute Gasteiger partial charge is 0.395 e. The molecule has 1 aromatic carbocycles. The summed E-state index contributed by atoms with van der Waals surface area (Å²) in [6.07, 6.45) is -4.43. The molecule has 1 aromatic rings. The van der Waals surface area contributed by atoms with Crippen LogP contribution in [0.1, 0.15) is 5.56 Å². The number of hydrogen-bond donors (Lipinski definition) is 2. The first-order valence-electron chi connectivity index (χ1n) is 5.28. The van der Waals surface area contributed by atoms with E-state index in [1.165, 1.54) is 6.07 Å². The van der Waals surface area contributed by atoms with Crippen LogP contribution in [-0.4, -0.2) is 31.0 Å². The monoisotopic (exact) mass is 266 g/mol. The summed E-state index contributed by atoms with van der Waals surface area (Å²) < 4.78 is 50.3. The van der Waals surface area contributed by atoms with Gasteiger partial charge >= 0.3 is 6.18 Å². The van der Waals surface area contributed by atoms with Crippen molar-refractivity contribution in [2.45, 2.75) is 12.7 Å². The number of aliphatic hydroxyl groups is 1. The fourth-order valence-electron chi connectivity index (χ4n) is 1.57. The Labute approximate surface area is 102 Å². The molecule has 0 amide bonds. The number of alkyl halides is 3. The first-order chi connectivity index (χ1) is 8.35. The number of benzene rings is 1. The summed E-state index contributed by atoms with van der Waals surface area (Å²) in [7, 11) is 0. The van der Waals surface area contributed by atoms with Crippen LogP contribution in [0.5, 0.6) is 0 Å². The minimum absolute atomic E-state index is 0.0315. The first-order valence-corrected chi connectivity index (χ1v) is 5.28. The van der Waals surface area contributed by atoms with Crippen molar-refractivity contribution >= 4 is 5.69 Å². The van der Waals surface area contributed by atoms with Gasteiger partial charge in [-0.3, -0.25) is 0 Å². The van der Waals surface area contributed by atoms with E-state index in [2.05, 4.69) is 0 Å². The molecule has 0 unspecified atom stereocenters. The van der Waals surface area contributed by atoms with Crippen molar-refractivity contribution in [3.63, 3.8) is 0 Å². The van der Waals surface area contributed by atoms with Crippen LogP contribution in [0.2, 0.25) is 0 Å². The number of halogens is 4. The predicted octanol–water partition coefficient (Wildman–Crippen LogP) is 1.65. The molecule has 0 aliphatic carbocycles. The van der Waals surface area contributed by atoms with E-state index in [9.17, 15) is 17.6 Å². The molecule has 18 heavy (non-hydrogen) atoms. The van der Waals surface area contributed by atoms with Crippen molar-refractivity contribution in [1.29, 1.82) is 0 Å².